The Labute approximate surface area is 192 Å². The maximum atomic E-state index is 13.4. The van der Waals surface area contributed by atoms with E-state index < -0.39 is 87.8 Å². The van der Waals surface area contributed by atoms with Crippen LogP contribution in [0.3, 0.4) is 0 Å². The second-order valence-corrected chi connectivity index (χ2v) is 10.6. The standard InChI is InChI=1S/C18H24F4O9S2/c19-17(20,18(21,22)33(26,27)28)5-6-29-11(23)8-30-10-7-9(16(25)3-1-2-4-16)12-14(32)13(10)31-15(12)24/h9-10,12-14,25,32H,1-8H2,(H,26,27,28). The van der Waals surface area contributed by atoms with Crippen LogP contribution >= 0.6 is 12.6 Å². The van der Waals surface area contributed by atoms with Crippen molar-refractivity contribution in [3.05, 3.63) is 0 Å². The highest BCUT2D eigenvalue weighted by atomic mass is 32.2. The summed E-state index contributed by atoms with van der Waals surface area (Å²) in [6.45, 7) is -2.07. The van der Waals surface area contributed by atoms with Crippen molar-refractivity contribution >= 4 is 34.7 Å². The SMILES string of the molecule is O=C(COC1CC(C2(O)CCCC2)C2C(=O)OC1C2S)OCCC(F)(F)C(F)(F)S(=O)(=O)O. The number of hydrogen-bond acceptors (Lipinski definition) is 9. The average Bonchev–Trinajstić information content (AvgIpc) is 3.21. The van der Waals surface area contributed by atoms with Gasteiger partial charge < -0.3 is 19.3 Å². The Bertz CT molecular complexity index is 876. The van der Waals surface area contributed by atoms with Gasteiger partial charge in [-0.3, -0.25) is 9.35 Å². The zero-order valence-electron chi connectivity index (χ0n) is 17.2. The van der Waals surface area contributed by atoms with Crippen LogP contribution < -0.4 is 0 Å². The normalized spacial score (nSPS) is 32.0. The highest BCUT2D eigenvalue weighted by molar-refractivity contribution is 7.87. The quantitative estimate of drug-likeness (QED) is 0.178. The summed E-state index contributed by atoms with van der Waals surface area (Å²) in [6.07, 6.45) is -0.789. The molecule has 2 bridgehead atoms. The van der Waals surface area contributed by atoms with E-state index >= 15 is 0 Å². The molecule has 33 heavy (non-hydrogen) atoms. The molecule has 9 nitrogen and oxygen atoms in total. The third-order valence-corrected chi connectivity index (χ3v) is 8.08. The molecule has 0 aromatic rings. The molecule has 1 aliphatic heterocycles. The first-order valence-electron chi connectivity index (χ1n) is 10.2. The molecule has 0 aromatic heterocycles. The average molecular weight is 525 g/mol. The fraction of sp³-hybridized carbons (Fsp3) is 0.889. The number of aliphatic hydroxyl groups is 1. The van der Waals surface area contributed by atoms with Crippen LogP contribution in [0.2, 0.25) is 0 Å². The van der Waals surface area contributed by atoms with Gasteiger partial charge >= 0.3 is 33.2 Å². The lowest BCUT2D eigenvalue weighted by Crippen LogP contribution is -2.52. The number of thiol groups is 1. The van der Waals surface area contributed by atoms with Crippen LogP contribution in [0.1, 0.15) is 38.5 Å². The summed E-state index contributed by atoms with van der Waals surface area (Å²) < 4.78 is 97.6. The molecule has 1 saturated heterocycles. The summed E-state index contributed by atoms with van der Waals surface area (Å²) in [6, 6.07) is 0. The Morgan fingerprint density at radius 2 is 1.85 bits per heavy atom. The van der Waals surface area contributed by atoms with Crippen molar-refractivity contribution in [2.75, 3.05) is 13.2 Å². The minimum absolute atomic E-state index is 0.181. The van der Waals surface area contributed by atoms with Crippen molar-refractivity contribution in [2.45, 2.75) is 72.8 Å². The van der Waals surface area contributed by atoms with E-state index in [1.165, 1.54) is 0 Å². The minimum atomic E-state index is -6.39. The lowest BCUT2D eigenvalue weighted by atomic mass is 9.68. The maximum Gasteiger partial charge on any atom is 0.431 e. The Balaban J connectivity index is 1.55. The van der Waals surface area contributed by atoms with E-state index in [1.807, 2.05) is 0 Å². The number of carbonyl (C=O) groups excluding carboxylic acids is 2. The number of halogens is 4. The van der Waals surface area contributed by atoms with Crippen LogP contribution in [0.4, 0.5) is 17.6 Å². The van der Waals surface area contributed by atoms with Crippen molar-refractivity contribution in [1.82, 2.24) is 0 Å². The molecule has 1 heterocycles. The number of hydrogen-bond donors (Lipinski definition) is 3. The molecular formula is C18H24F4O9S2. The van der Waals surface area contributed by atoms with Crippen LogP contribution in [-0.4, -0.2) is 77.5 Å². The first-order valence-corrected chi connectivity index (χ1v) is 12.2. The number of alkyl halides is 4. The maximum absolute atomic E-state index is 13.4. The highest BCUT2D eigenvalue weighted by Crippen LogP contribution is 2.51. The van der Waals surface area contributed by atoms with Crippen LogP contribution in [0.5, 0.6) is 0 Å². The molecule has 3 fully saturated rings. The van der Waals surface area contributed by atoms with E-state index in [1.54, 1.807) is 0 Å². The molecule has 2 N–H and O–H groups in total. The van der Waals surface area contributed by atoms with Gasteiger partial charge in [0, 0.05) is 5.92 Å². The van der Waals surface area contributed by atoms with E-state index in [9.17, 15) is 40.7 Å². The van der Waals surface area contributed by atoms with E-state index in [0.717, 1.165) is 12.8 Å². The second kappa shape index (κ2) is 9.13. The van der Waals surface area contributed by atoms with Gasteiger partial charge in [0.2, 0.25) is 0 Å². The lowest BCUT2D eigenvalue weighted by Gasteiger charge is -2.42. The van der Waals surface area contributed by atoms with Crippen LogP contribution in [0.25, 0.3) is 0 Å². The van der Waals surface area contributed by atoms with Gasteiger partial charge in [0.1, 0.15) is 12.7 Å². The third-order valence-electron chi connectivity index (χ3n) is 6.52. The Morgan fingerprint density at radius 3 is 2.42 bits per heavy atom. The minimum Gasteiger partial charge on any atom is -0.464 e. The van der Waals surface area contributed by atoms with Crippen molar-refractivity contribution in [1.29, 1.82) is 0 Å². The molecule has 190 valence electrons. The van der Waals surface area contributed by atoms with Gasteiger partial charge in [-0.25, -0.2) is 4.79 Å². The van der Waals surface area contributed by atoms with E-state index in [-0.39, 0.29) is 6.42 Å². The van der Waals surface area contributed by atoms with Gasteiger partial charge in [0.25, 0.3) is 0 Å². The topological polar surface area (TPSA) is 136 Å². The van der Waals surface area contributed by atoms with Gasteiger partial charge in [-0.2, -0.15) is 38.6 Å². The second-order valence-electron chi connectivity index (χ2n) is 8.59. The predicted molar refractivity (Wildman–Crippen MR) is 104 cm³/mol. The Hall–Kier alpha value is -1.16. The van der Waals surface area contributed by atoms with Crippen LogP contribution in [0.15, 0.2) is 0 Å². The van der Waals surface area contributed by atoms with Gasteiger partial charge in [0.05, 0.1) is 35.9 Å². The highest BCUT2D eigenvalue weighted by Gasteiger charge is 2.65. The first-order chi connectivity index (χ1) is 15.1. The predicted octanol–water partition coefficient (Wildman–Crippen LogP) is 1.59. The summed E-state index contributed by atoms with van der Waals surface area (Å²) in [7, 11) is -6.39. The molecule has 0 aromatic carbocycles. The summed E-state index contributed by atoms with van der Waals surface area (Å²) in [4.78, 5) is 24.2. The molecule has 0 radical (unpaired) electrons. The zero-order chi connectivity index (χ0) is 24.8. The molecule has 0 amide bonds. The molecule has 5 unspecified atom stereocenters. The molecule has 2 aliphatic carbocycles. The Kier molecular flexibility index (Phi) is 7.32. The molecule has 0 spiro atoms. The summed E-state index contributed by atoms with van der Waals surface area (Å²) >= 11 is 4.43. The fourth-order valence-corrected chi connectivity index (χ4v) is 5.84. The van der Waals surface area contributed by atoms with Crippen molar-refractivity contribution < 1.29 is 59.4 Å². The third kappa shape index (κ3) is 4.97. The molecule has 3 rings (SSSR count). The number of ether oxygens (including phenoxy) is 3. The Morgan fingerprint density at radius 1 is 1.24 bits per heavy atom. The largest absolute Gasteiger partial charge is 0.464 e. The fourth-order valence-electron chi connectivity index (χ4n) is 4.77. The van der Waals surface area contributed by atoms with Crippen LogP contribution in [-0.2, 0) is 33.9 Å². The number of fused-ring (bicyclic) bond motifs is 2. The number of rotatable bonds is 9. The van der Waals surface area contributed by atoms with E-state index in [4.69, 9.17) is 14.0 Å². The molecule has 2 saturated carbocycles. The van der Waals surface area contributed by atoms with Crippen molar-refractivity contribution in [3.63, 3.8) is 0 Å². The van der Waals surface area contributed by atoms with Crippen molar-refractivity contribution in [3.8, 4) is 0 Å². The van der Waals surface area contributed by atoms with Crippen molar-refractivity contribution in [2.24, 2.45) is 11.8 Å². The van der Waals surface area contributed by atoms with Crippen LogP contribution in [0, 0.1) is 11.8 Å². The van der Waals surface area contributed by atoms with Gasteiger partial charge in [-0.05, 0) is 19.3 Å². The van der Waals surface area contributed by atoms with Gasteiger partial charge in [0.15, 0.2) is 0 Å². The van der Waals surface area contributed by atoms with Gasteiger partial charge in [-0.15, -0.1) is 0 Å². The molecule has 5 atom stereocenters. The lowest BCUT2D eigenvalue weighted by molar-refractivity contribution is -0.177. The zero-order valence-corrected chi connectivity index (χ0v) is 18.9. The molecule has 15 heteroatoms. The van der Waals surface area contributed by atoms with Gasteiger partial charge in [-0.1, -0.05) is 12.8 Å². The first kappa shape index (κ1) is 26.4. The number of esters is 2. The summed E-state index contributed by atoms with van der Waals surface area (Å²) in [5.41, 5.74) is -1.11. The molecule has 3 aliphatic rings. The summed E-state index contributed by atoms with van der Waals surface area (Å²) in [5.74, 6) is -8.09. The smallest absolute Gasteiger partial charge is 0.431 e. The molecular weight excluding hydrogens is 500 g/mol. The van der Waals surface area contributed by atoms with E-state index in [0.29, 0.717) is 12.8 Å². The monoisotopic (exact) mass is 524 g/mol. The summed E-state index contributed by atoms with van der Waals surface area (Å²) in [5, 5.41) is 4.65. The van der Waals surface area contributed by atoms with E-state index in [2.05, 4.69) is 17.4 Å². The number of carbonyl (C=O) groups is 2.